The van der Waals surface area contributed by atoms with Crippen molar-refractivity contribution in [1.29, 1.82) is 0 Å². The Labute approximate surface area is 154 Å². The van der Waals surface area contributed by atoms with Gasteiger partial charge in [-0.1, -0.05) is 12.1 Å². The molecule has 1 aliphatic carbocycles. The van der Waals surface area contributed by atoms with E-state index >= 15 is 0 Å². The van der Waals surface area contributed by atoms with Crippen LogP contribution in [0.25, 0.3) is 22.0 Å². The van der Waals surface area contributed by atoms with Crippen molar-refractivity contribution in [2.24, 2.45) is 0 Å². The van der Waals surface area contributed by atoms with Gasteiger partial charge in [-0.25, -0.2) is 9.37 Å². The van der Waals surface area contributed by atoms with Crippen molar-refractivity contribution in [3.8, 4) is 11.1 Å². The number of nitrogens with zero attached hydrogens (tertiary/aromatic N) is 3. The molecule has 27 heavy (non-hydrogen) atoms. The van der Waals surface area contributed by atoms with Crippen LogP contribution in [0.2, 0.25) is 0 Å². The summed E-state index contributed by atoms with van der Waals surface area (Å²) in [5, 5.41) is 0.569. The molecule has 1 aliphatic heterocycles. The van der Waals surface area contributed by atoms with Gasteiger partial charge >= 0.3 is 0 Å². The van der Waals surface area contributed by atoms with Gasteiger partial charge in [0.2, 0.25) is 0 Å². The van der Waals surface area contributed by atoms with E-state index in [1.165, 1.54) is 6.07 Å². The lowest BCUT2D eigenvalue weighted by atomic mass is 9.99. The minimum Gasteiger partial charge on any atom is -0.397 e. The standard InChI is InChI=1S/C21H15FN4O/c1-11-5-6-12(9-24-11)17-15(22)8-7-14-19(23)18-16(25-20(14)17)10-26(21(18)27)13-3-2-4-13/h2-9H,10H2,1H3,(H2,23,25). The predicted molar refractivity (Wildman–Crippen MR) is 101 cm³/mol. The molecule has 0 fully saturated rings. The number of nitrogens with two attached hydrogens (primary N) is 1. The van der Waals surface area contributed by atoms with Crippen LogP contribution in [0.3, 0.4) is 0 Å². The van der Waals surface area contributed by atoms with Crippen LogP contribution in [0.5, 0.6) is 0 Å². The lowest BCUT2D eigenvalue weighted by Gasteiger charge is -2.19. The fourth-order valence-corrected chi connectivity index (χ4v) is 3.55. The monoisotopic (exact) mass is 358 g/mol. The number of carbonyl (C=O) groups is 1. The maximum Gasteiger partial charge on any atom is 0.262 e. The first-order chi connectivity index (χ1) is 13.0. The van der Waals surface area contributed by atoms with Crippen LogP contribution in [-0.2, 0) is 6.54 Å². The number of pyridine rings is 2. The molecule has 0 bridgehead atoms. The van der Waals surface area contributed by atoms with Crippen LogP contribution in [0.4, 0.5) is 10.1 Å². The SMILES string of the molecule is Cc1ccc(-c2c(F)ccc3c(N)c4c(nc23)CN(C2=CC=C2)C4=O)cn1. The molecule has 2 aromatic heterocycles. The maximum atomic E-state index is 14.7. The zero-order valence-electron chi connectivity index (χ0n) is 14.5. The van der Waals surface area contributed by atoms with Crippen LogP contribution >= 0.6 is 0 Å². The molecule has 6 heteroatoms. The molecule has 1 amide bonds. The second-order valence-corrected chi connectivity index (χ2v) is 6.70. The Bertz CT molecular complexity index is 1200. The zero-order chi connectivity index (χ0) is 18.7. The quantitative estimate of drug-likeness (QED) is 0.757. The van der Waals surface area contributed by atoms with Gasteiger partial charge in [-0.05, 0) is 37.3 Å². The molecule has 1 aromatic carbocycles. The van der Waals surface area contributed by atoms with E-state index in [2.05, 4.69) is 9.97 Å². The summed E-state index contributed by atoms with van der Waals surface area (Å²) in [5.41, 5.74) is 10.8. The topological polar surface area (TPSA) is 72.1 Å². The summed E-state index contributed by atoms with van der Waals surface area (Å²) < 4.78 is 14.7. The van der Waals surface area contributed by atoms with Gasteiger partial charge in [-0.15, -0.1) is 0 Å². The molecule has 5 rings (SSSR count). The summed E-state index contributed by atoms with van der Waals surface area (Å²) in [5.74, 6) is -0.568. The van der Waals surface area contributed by atoms with Gasteiger partial charge in [0.1, 0.15) is 5.82 Å². The number of fused-ring (bicyclic) bond motifs is 2. The number of anilines is 1. The number of hydrogen-bond acceptors (Lipinski definition) is 4. The summed E-state index contributed by atoms with van der Waals surface area (Å²) in [6.07, 6.45) is 7.22. The van der Waals surface area contributed by atoms with Gasteiger partial charge in [0.25, 0.3) is 5.91 Å². The van der Waals surface area contributed by atoms with Crippen molar-refractivity contribution in [2.45, 2.75) is 13.5 Å². The summed E-state index contributed by atoms with van der Waals surface area (Å²) >= 11 is 0. The normalized spacial score (nSPS) is 15.1. The highest BCUT2D eigenvalue weighted by atomic mass is 19.1. The molecular weight excluding hydrogens is 343 g/mol. The number of hydrogen-bond donors (Lipinski definition) is 1. The Hall–Kier alpha value is -3.54. The number of amides is 1. The van der Waals surface area contributed by atoms with Crippen molar-refractivity contribution in [2.75, 3.05) is 5.73 Å². The number of aromatic nitrogens is 2. The van der Waals surface area contributed by atoms with Crippen molar-refractivity contribution >= 4 is 22.5 Å². The smallest absolute Gasteiger partial charge is 0.262 e. The zero-order valence-corrected chi connectivity index (χ0v) is 14.5. The number of benzene rings is 1. The number of aryl methyl sites for hydroxylation is 1. The fraction of sp³-hybridized carbons (Fsp3) is 0.0952. The number of allylic oxidation sites excluding steroid dienone is 3. The molecule has 0 saturated carbocycles. The Morgan fingerprint density at radius 1 is 1.19 bits per heavy atom. The van der Waals surface area contributed by atoms with Crippen molar-refractivity contribution in [3.05, 3.63) is 77.2 Å². The van der Waals surface area contributed by atoms with E-state index in [4.69, 9.17) is 5.73 Å². The van der Waals surface area contributed by atoms with Crippen LogP contribution < -0.4 is 5.73 Å². The van der Waals surface area contributed by atoms with Crippen molar-refractivity contribution in [1.82, 2.24) is 14.9 Å². The number of rotatable bonds is 2. The number of carbonyl (C=O) groups excluding carboxylic acids is 1. The van der Waals surface area contributed by atoms with Gasteiger partial charge in [0.15, 0.2) is 0 Å². The first-order valence-corrected chi connectivity index (χ1v) is 8.58. The van der Waals surface area contributed by atoms with Gasteiger partial charge in [-0.2, -0.15) is 0 Å². The minimum absolute atomic E-state index is 0.171. The molecule has 0 saturated heterocycles. The highest BCUT2D eigenvalue weighted by Crippen LogP contribution is 2.39. The second-order valence-electron chi connectivity index (χ2n) is 6.70. The second kappa shape index (κ2) is 5.48. The summed E-state index contributed by atoms with van der Waals surface area (Å²) in [4.78, 5) is 23.4. The Morgan fingerprint density at radius 3 is 2.67 bits per heavy atom. The van der Waals surface area contributed by atoms with Crippen molar-refractivity contribution < 1.29 is 9.18 Å². The van der Waals surface area contributed by atoms with E-state index in [0.717, 1.165) is 11.4 Å². The molecule has 3 heterocycles. The molecule has 2 aliphatic rings. The molecular formula is C21H15FN4O. The molecule has 0 radical (unpaired) electrons. The first-order valence-electron chi connectivity index (χ1n) is 8.58. The third-order valence-corrected chi connectivity index (χ3v) is 5.03. The maximum absolute atomic E-state index is 14.7. The highest BCUT2D eigenvalue weighted by Gasteiger charge is 2.34. The fourth-order valence-electron chi connectivity index (χ4n) is 3.55. The molecule has 0 atom stereocenters. The average molecular weight is 358 g/mol. The van der Waals surface area contributed by atoms with E-state index in [1.807, 2.05) is 37.3 Å². The minimum atomic E-state index is -0.397. The largest absolute Gasteiger partial charge is 0.397 e. The first kappa shape index (κ1) is 15.7. The van der Waals surface area contributed by atoms with E-state index in [9.17, 15) is 9.18 Å². The Morgan fingerprint density at radius 2 is 2.00 bits per heavy atom. The third kappa shape index (κ3) is 2.19. The lowest BCUT2D eigenvalue weighted by Crippen LogP contribution is -2.24. The van der Waals surface area contributed by atoms with Crippen LogP contribution in [0.15, 0.2) is 54.4 Å². The van der Waals surface area contributed by atoms with Crippen LogP contribution in [0.1, 0.15) is 21.7 Å². The predicted octanol–water partition coefficient (Wildman–Crippen LogP) is 3.74. The van der Waals surface area contributed by atoms with E-state index in [1.54, 1.807) is 17.2 Å². The van der Waals surface area contributed by atoms with Gasteiger partial charge in [-0.3, -0.25) is 9.78 Å². The molecule has 132 valence electrons. The van der Waals surface area contributed by atoms with E-state index < -0.39 is 5.82 Å². The van der Waals surface area contributed by atoms with Gasteiger partial charge in [0, 0.05) is 34.1 Å². The van der Waals surface area contributed by atoms with Crippen LogP contribution in [-0.4, -0.2) is 20.8 Å². The third-order valence-electron chi connectivity index (χ3n) is 5.03. The van der Waals surface area contributed by atoms with Gasteiger partial charge in [0.05, 0.1) is 29.0 Å². The Kier molecular flexibility index (Phi) is 3.18. The number of nitrogen functional groups attached to an aromatic ring is 1. The summed E-state index contributed by atoms with van der Waals surface area (Å²) in [7, 11) is 0. The number of halogens is 1. The van der Waals surface area contributed by atoms with E-state index in [-0.39, 0.29) is 5.91 Å². The molecule has 0 spiro atoms. The van der Waals surface area contributed by atoms with Crippen LogP contribution in [0, 0.1) is 12.7 Å². The highest BCUT2D eigenvalue weighted by molar-refractivity contribution is 6.12. The molecule has 5 nitrogen and oxygen atoms in total. The van der Waals surface area contributed by atoms with Crippen molar-refractivity contribution in [3.63, 3.8) is 0 Å². The average Bonchev–Trinajstić information content (AvgIpc) is 2.91. The molecule has 3 aromatic rings. The van der Waals surface area contributed by atoms with Gasteiger partial charge < -0.3 is 10.6 Å². The molecule has 2 N–H and O–H groups in total. The summed E-state index contributed by atoms with van der Waals surface area (Å²) in [6, 6.07) is 6.57. The molecule has 0 unspecified atom stereocenters. The summed E-state index contributed by atoms with van der Waals surface area (Å²) in [6.45, 7) is 2.20. The van der Waals surface area contributed by atoms with E-state index in [0.29, 0.717) is 45.5 Å². The lowest BCUT2D eigenvalue weighted by molar-refractivity contribution is 0.0831. The Balaban J connectivity index is 1.75.